The Bertz CT molecular complexity index is 764. The molecule has 0 aliphatic carbocycles. The number of hydrogen-bond acceptors (Lipinski definition) is 3. The zero-order valence-electron chi connectivity index (χ0n) is 12.9. The second-order valence-corrected chi connectivity index (χ2v) is 5.67. The van der Waals surface area contributed by atoms with Crippen molar-refractivity contribution in [3.63, 3.8) is 0 Å². The molecule has 0 spiro atoms. The number of benzene rings is 1. The minimum atomic E-state index is -0.280. The molecular weight excluding hydrogens is 291 g/mol. The summed E-state index contributed by atoms with van der Waals surface area (Å²) >= 11 is 0. The molecule has 1 fully saturated rings. The summed E-state index contributed by atoms with van der Waals surface area (Å²) in [5.74, 6) is -0.234. The first-order valence-electron chi connectivity index (χ1n) is 7.42. The number of hydrogen-bond donors (Lipinski definition) is 0. The number of halogens is 1. The Balaban J connectivity index is 1.91. The molecule has 23 heavy (non-hydrogen) atoms. The van der Waals surface area contributed by atoms with Crippen LogP contribution in [0.15, 0.2) is 59.9 Å². The van der Waals surface area contributed by atoms with Crippen LogP contribution in [-0.4, -0.2) is 35.8 Å². The number of ketones is 1. The van der Waals surface area contributed by atoms with Crippen LogP contribution in [0, 0.1) is 5.82 Å². The third kappa shape index (κ3) is 3.79. The van der Waals surface area contributed by atoms with Gasteiger partial charge in [-0.25, -0.2) is 4.39 Å². The van der Waals surface area contributed by atoms with Gasteiger partial charge in [0.05, 0.1) is 0 Å². The van der Waals surface area contributed by atoms with E-state index in [2.05, 4.69) is 9.88 Å². The van der Waals surface area contributed by atoms with Crippen molar-refractivity contribution in [1.29, 1.82) is 0 Å². The SMILES string of the molecule is CN1CC(=Cc2ccncc2)C(=O)/C(=C/c2ccc(F)cc2)C1. The molecule has 1 saturated heterocycles. The van der Waals surface area contributed by atoms with E-state index in [1.54, 1.807) is 24.5 Å². The minimum Gasteiger partial charge on any atom is -0.298 e. The second-order valence-electron chi connectivity index (χ2n) is 5.67. The maximum absolute atomic E-state index is 13.0. The van der Waals surface area contributed by atoms with Gasteiger partial charge in [0.1, 0.15) is 5.82 Å². The number of carbonyl (C=O) groups excluding carboxylic acids is 1. The summed E-state index contributed by atoms with van der Waals surface area (Å²) in [5.41, 5.74) is 3.25. The van der Waals surface area contributed by atoms with Gasteiger partial charge in [-0.1, -0.05) is 12.1 Å². The smallest absolute Gasteiger partial charge is 0.187 e. The van der Waals surface area contributed by atoms with Crippen LogP contribution in [-0.2, 0) is 4.79 Å². The summed E-state index contributed by atoms with van der Waals surface area (Å²) < 4.78 is 13.0. The van der Waals surface area contributed by atoms with Gasteiger partial charge in [0, 0.05) is 36.6 Å². The topological polar surface area (TPSA) is 33.2 Å². The number of nitrogens with zero attached hydrogens (tertiary/aromatic N) is 2. The molecule has 0 saturated carbocycles. The van der Waals surface area contributed by atoms with Gasteiger partial charge in [0.25, 0.3) is 0 Å². The molecule has 1 aliphatic rings. The molecule has 4 heteroatoms. The average Bonchev–Trinajstić information content (AvgIpc) is 2.55. The van der Waals surface area contributed by atoms with Crippen LogP contribution in [0.1, 0.15) is 11.1 Å². The number of rotatable bonds is 2. The lowest BCUT2D eigenvalue weighted by Gasteiger charge is -2.26. The molecule has 3 rings (SSSR count). The van der Waals surface area contributed by atoms with E-state index in [1.165, 1.54) is 12.1 Å². The van der Waals surface area contributed by atoms with Gasteiger partial charge in [-0.15, -0.1) is 0 Å². The standard InChI is InChI=1S/C19H17FN2O/c1-22-12-16(10-14-2-4-18(20)5-3-14)19(23)17(13-22)11-15-6-8-21-9-7-15/h2-11H,12-13H2,1H3/b16-10+,17-11?. The zero-order chi connectivity index (χ0) is 16.2. The normalized spacial score (nSPS) is 19.5. The van der Waals surface area contributed by atoms with Crippen molar-refractivity contribution >= 4 is 17.9 Å². The predicted octanol–water partition coefficient (Wildman–Crippen LogP) is 3.20. The monoisotopic (exact) mass is 308 g/mol. The summed E-state index contributed by atoms with van der Waals surface area (Å²) in [6.07, 6.45) is 7.15. The van der Waals surface area contributed by atoms with Gasteiger partial charge in [0.15, 0.2) is 5.78 Å². The summed E-state index contributed by atoms with van der Waals surface area (Å²) in [6, 6.07) is 9.90. The van der Waals surface area contributed by atoms with Gasteiger partial charge >= 0.3 is 0 Å². The largest absolute Gasteiger partial charge is 0.298 e. The van der Waals surface area contributed by atoms with E-state index in [0.717, 1.165) is 16.7 Å². The highest BCUT2D eigenvalue weighted by atomic mass is 19.1. The van der Waals surface area contributed by atoms with E-state index in [4.69, 9.17) is 0 Å². The minimum absolute atomic E-state index is 0.0456. The molecule has 1 aromatic heterocycles. The fraction of sp³-hybridized carbons (Fsp3) is 0.158. The molecule has 0 radical (unpaired) electrons. The Morgan fingerprint density at radius 1 is 0.957 bits per heavy atom. The molecule has 2 heterocycles. The maximum atomic E-state index is 13.0. The van der Waals surface area contributed by atoms with Gasteiger partial charge in [-0.05, 0) is 54.6 Å². The highest BCUT2D eigenvalue weighted by molar-refractivity contribution is 6.14. The van der Waals surface area contributed by atoms with Crippen LogP contribution in [0.3, 0.4) is 0 Å². The van der Waals surface area contributed by atoms with Crippen molar-refractivity contribution in [2.45, 2.75) is 0 Å². The van der Waals surface area contributed by atoms with Crippen LogP contribution >= 0.6 is 0 Å². The van der Waals surface area contributed by atoms with Crippen LogP contribution in [0.4, 0.5) is 4.39 Å². The first-order chi connectivity index (χ1) is 11.1. The summed E-state index contributed by atoms with van der Waals surface area (Å²) in [5, 5.41) is 0. The first kappa shape index (κ1) is 15.3. The van der Waals surface area contributed by atoms with E-state index >= 15 is 0 Å². The Labute approximate surface area is 134 Å². The molecule has 0 unspecified atom stereocenters. The van der Waals surface area contributed by atoms with E-state index in [9.17, 15) is 9.18 Å². The number of likely N-dealkylation sites (tertiary alicyclic amines) is 1. The number of piperidine rings is 1. The molecule has 0 atom stereocenters. The molecule has 0 amide bonds. The van der Waals surface area contributed by atoms with Crippen LogP contribution in [0.2, 0.25) is 0 Å². The van der Waals surface area contributed by atoms with E-state index < -0.39 is 0 Å². The molecule has 2 aromatic rings. The summed E-state index contributed by atoms with van der Waals surface area (Å²) in [4.78, 5) is 18.8. The van der Waals surface area contributed by atoms with Gasteiger partial charge < -0.3 is 0 Å². The van der Waals surface area contributed by atoms with E-state index in [0.29, 0.717) is 18.7 Å². The van der Waals surface area contributed by atoms with Crippen molar-refractivity contribution in [1.82, 2.24) is 9.88 Å². The Morgan fingerprint density at radius 2 is 1.48 bits per heavy atom. The second kappa shape index (κ2) is 6.67. The third-order valence-corrected chi connectivity index (χ3v) is 3.72. The van der Waals surface area contributed by atoms with Gasteiger partial charge in [0.2, 0.25) is 0 Å². The lowest BCUT2D eigenvalue weighted by atomic mass is 9.95. The first-order valence-corrected chi connectivity index (χ1v) is 7.42. The molecule has 0 N–H and O–H groups in total. The Kier molecular flexibility index (Phi) is 4.44. The molecule has 1 aromatic carbocycles. The Hall–Kier alpha value is -2.59. The molecular formula is C19H17FN2O. The summed E-state index contributed by atoms with van der Waals surface area (Å²) in [6.45, 7) is 1.20. The lowest BCUT2D eigenvalue weighted by Crippen LogP contribution is -2.34. The average molecular weight is 308 g/mol. The zero-order valence-corrected chi connectivity index (χ0v) is 12.9. The van der Waals surface area contributed by atoms with E-state index in [1.807, 2.05) is 31.3 Å². The quantitative estimate of drug-likeness (QED) is 0.799. The molecule has 0 bridgehead atoms. The van der Waals surface area contributed by atoms with Crippen LogP contribution in [0.5, 0.6) is 0 Å². The number of aromatic nitrogens is 1. The highest BCUT2D eigenvalue weighted by Crippen LogP contribution is 2.21. The fourth-order valence-corrected chi connectivity index (χ4v) is 2.63. The number of likely N-dealkylation sites (N-methyl/N-ethyl adjacent to an activating group) is 1. The number of carbonyl (C=O) groups is 1. The van der Waals surface area contributed by atoms with Crippen LogP contribution < -0.4 is 0 Å². The third-order valence-electron chi connectivity index (χ3n) is 3.72. The number of Topliss-reactive ketones (excluding diaryl/α,β-unsaturated/α-hetero) is 1. The van der Waals surface area contributed by atoms with Gasteiger partial charge in [-0.2, -0.15) is 0 Å². The molecule has 1 aliphatic heterocycles. The highest BCUT2D eigenvalue weighted by Gasteiger charge is 2.23. The maximum Gasteiger partial charge on any atom is 0.187 e. The predicted molar refractivity (Wildman–Crippen MR) is 89.1 cm³/mol. The fourth-order valence-electron chi connectivity index (χ4n) is 2.63. The lowest BCUT2D eigenvalue weighted by molar-refractivity contribution is -0.113. The van der Waals surface area contributed by atoms with Crippen LogP contribution in [0.25, 0.3) is 12.2 Å². The Morgan fingerprint density at radius 3 is 2.04 bits per heavy atom. The molecule has 116 valence electrons. The van der Waals surface area contributed by atoms with Crippen molar-refractivity contribution in [2.24, 2.45) is 0 Å². The molecule has 3 nitrogen and oxygen atoms in total. The van der Waals surface area contributed by atoms with Crippen molar-refractivity contribution < 1.29 is 9.18 Å². The van der Waals surface area contributed by atoms with Crippen molar-refractivity contribution in [3.8, 4) is 0 Å². The van der Waals surface area contributed by atoms with Gasteiger partial charge in [-0.3, -0.25) is 14.7 Å². The summed E-state index contributed by atoms with van der Waals surface area (Å²) in [7, 11) is 1.98. The van der Waals surface area contributed by atoms with Crippen molar-refractivity contribution in [3.05, 3.63) is 76.9 Å². The van der Waals surface area contributed by atoms with E-state index in [-0.39, 0.29) is 11.6 Å². The van der Waals surface area contributed by atoms with Crippen molar-refractivity contribution in [2.75, 3.05) is 20.1 Å². The number of pyridine rings is 1.